The van der Waals surface area contributed by atoms with Crippen LogP contribution in [0.3, 0.4) is 0 Å². The topological polar surface area (TPSA) is 105 Å². The van der Waals surface area contributed by atoms with Crippen LogP contribution in [0.25, 0.3) is 0 Å². The largest absolute Gasteiger partial charge is 0.444 e. The second-order valence-corrected chi connectivity index (χ2v) is 9.97. The van der Waals surface area contributed by atoms with Gasteiger partial charge in [-0.1, -0.05) is 43.0 Å². The SMILES string of the molecule is C=CC(=O)NC1CC(C)N(S(=O)(=O)c2cccc(NC(=O)OCc3ccccc3)c2)C(C)C1. The van der Waals surface area contributed by atoms with Gasteiger partial charge < -0.3 is 10.1 Å². The van der Waals surface area contributed by atoms with Crippen molar-refractivity contribution in [2.24, 2.45) is 0 Å². The molecule has 176 valence electrons. The zero-order valence-electron chi connectivity index (χ0n) is 18.7. The molecule has 2 atom stereocenters. The molecule has 0 aliphatic carbocycles. The van der Waals surface area contributed by atoms with E-state index in [1.165, 1.54) is 22.5 Å². The maximum atomic E-state index is 13.4. The second kappa shape index (κ2) is 10.6. The average molecular weight is 472 g/mol. The lowest BCUT2D eigenvalue weighted by molar-refractivity contribution is -0.117. The minimum atomic E-state index is -3.82. The van der Waals surface area contributed by atoms with E-state index in [9.17, 15) is 18.0 Å². The molecule has 1 aliphatic heterocycles. The summed E-state index contributed by atoms with van der Waals surface area (Å²) in [5, 5.41) is 5.44. The van der Waals surface area contributed by atoms with Crippen LogP contribution in [0.5, 0.6) is 0 Å². The molecular weight excluding hydrogens is 442 g/mol. The maximum absolute atomic E-state index is 13.4. The van der Waals surface area contributed by atoms with Gasteiger partial charge in [-0.15, -0.1) is 0 Å². The number of hydrogen-bond donors (Lipinski definition) is 2. The van der Waals surface area contributed by atoms with Gasteiger partial charge in [-0.05, 0) is 56.5 Å². The molecule has 9 heteroatoms. The first kappa shape index (κ1) is 24.5. The predicted molar refractivity (Wildman–Crippen MR) is 126 cm³/mol. The molecule has 0 aromatic heterocycles. The number of nitrogens with one attached hydrogen (secondary N) is 2. The van der Waals surface area contributed by atoms with Crippen LogP contribution in [0.4, 0.5) is 10.5 Å². The van der Waals surface area contributed by atoms with Crippen LogP contribution in [0, 0.1) is 0 Å². The van der Waals surface area contributed by atoms with E-state index in [2.05, 4.69) is 17.2 Å². The molecule has 33 heavy (non-hydrogen) atoms. The molecule has 2 amide bonds. The van der Waals surface area contributed by atoms with Gasteiger partial charge >= 0.3 is 6.09 Å². The lowest BCUT2D eigenvalue weighted by atomic mass is 9.95. The summed E-state index contributed by atoms with van der Waals surface area (Å²) in [5.74, 6) is -0.270. The number of nitrogens with zero attached hydrogens (tertiary/aromatic N) is 1. The van der Waals surface area contributed by atoms with Crippen LogP contribution in [-0.2, 0) is 26.2 Å². The van der Waals surface area contributed by atoms with Gasteiger partial charge in [0.05, 0.1) is 4.90 Å². The number of carbonyl (C=O) groups excluding carboxylic acids is 2. The zero-order valence-corrected chi connectivity index (χ0v) is 19.5. The zero-order chi connectivity index (χ0) is 24.0. The summed E-state index contributed by atoms with van der Waals surface area (Å²) >= 11 is 0. The first-order chi connectivity index (χ1) is 15.7. The van der Waals surface area contributed by atoms with E-state index >= 15 is 0 Å². The number of ether oxygens (including phenoxy) is 1. The van der Waals surface area contributed by atoms with Crippen molar-refractivity contribution in [1.82, 2.24) is 9.62 Å². The standard InChI is InChI=1S/C24H29N3O5S/c1-4-23(28)25-21-13-17(2)27(18(3)14-21)33(30,31)22-12-8-11-20(15-22)26-24(29)32-16-19-9-6-5-7-10-19/h4-12,15,17-18,21H,1,13-14,16H2,2-3H3,(H,25,28)(H,26,29). The minimum Gasteiger partial charge on any atom is -0.444 e. The second-order valence-electron chi connectivity index (χ2n) is 8.13. The van der Waals surface area contributed by atoms with E-state index in [0.717, 1.165) is 5.56 Å². The van der Waals surface area contributed by atoms with Crippen LogP contribution in [-0.4, -0.2) is 42.8 Å². The molecule has 1 heterocycles. The third-order valence-corrected chi connectivity index (χ3v) is 7.64. The molecule has 2 unspecified atom stereocenters. The van der Waals surface area contributed by atoms with Crippen molar-refractivity contribution in [2.45, 2.75) is 56.3 Å². The monoisotopic (exact) mass is 471 g/mol. The Morgan fingerprint density at radius 2 is 1.76 bits per heavy atom. The lowest BCUT2D eigenvalue weighted by Gasteiger charge is -2.41. The van der Waals surface area contributed by atoms with Crippen molar-refractivity contribution in [3.8, 4) is 0 Å². The number of sulfonamides is 1. The van der Waals surface area contributed by atoms with Crippen molar-refractivity contribution < 1.29 is 22.7 Å². The third kappa shape index (κ3) is 6.21. The quantitative estimate of drug-likeness (QED) is 0.600. The molecule has 0 saturated carbocycles. The lowest BCUT2D eigenvalue weighted by Crippen LogP contribution is -2.54. The van der Waals surface area contributed by atoms with E-state index in [1.807, 2.05) is 44.2 Å². The highest BCUT2D eigenvalue weighted by atomic mass is 32.2. The van der Waals surface area contributed by atoms with E-state index in [1.54, 1.807) is 12.1 Å². The summed E-state index contributed by atoms with van der Waals surface area (Å²) < 4.78 is 33.5. The van der Waals surface area contributed by atoms with Gasteiger partial charge in [-0.3, -0.25) is 10.1 Å². The Kier molecular flexibility index (Phi) is 7.88. The van der Waals surface area contributed by atoms with E-state index in [4.69, 9.17) is 4.74 Å². The van der Waals surface area contributed by atoms with Crippen LogP contribution >= 0.6 is 0 Å². The summed E-state index contributed by atoms with van der Waals surface area (Å²) in [5.41, 5.74) is 1.17. The first-order valence-electron chi connectivity index (χ1n) is 10.7. The average Bonchev–Trinajstić information content (AvgIpc) is 2.78. The first-order valence-corrected chi connectivity index (χ1v) is 12.2. The Bertz CT molecular complexity index is 1090. The fourth-order valence-electron chi connectivity index (χ4n) is 4.15. The molecule has 8 nitrogen and oxygen atoms in total. The Morgan fingerprint density at radius 3 is 2.39 bits per heavy atom. The normalized spacial score (nSPS) is 21.1. The Hall–Kier alpha value is -3.17. The Balaban J connectivity index is 1.68. The minimum absolute atomic E-state index is 0.0793. The molecular formula is C24H29N3O5S. The van der Waals surface area contributed by atoms with Gasteiger partial charge in [0.1, 0.15) is 6.61 Å². The highest BCUT2D eigenvalue weighted by molar-refractivity contribution is 7.89. The van der Waals surface area contributed by atoms with Crippen LogP contribution in [0.2, 0.25) is 0 Å². The smallest absolute Gasteiger partial charge is 0.411 e. The van der Waals surface area contributed by atoms with E-state index in [0.29, 0.717) is 18.5 Å². The molecule has 2 N–H and O–H groups in total. The number of amides is 2. The number of benzene rings is 2. The van der Waals surface area contributed by atoms with Gasteiger partial charge in [-0.2, -0.15) is 4.31 Å². The van der Waals surface area contributed by atoms with Crippen molar-refractivity contribution in [2.75, 3.05) is 5.32 Å². The van der Waals surface area contributed by atoms with Gasteiger partial charge in [0.2, 0.25) is 15.9 Å². The molecule has 3 rings (SSSR count). The van der Waals surface area contributed by atoms with Crippen molar-refractivity contribution in [1.29, 1.82) is 0 Å². The Morgan fingerprint density at radius 1 is 1.09 bits per heavy atom. The molecule has 0 radical (unpaired) electrons. The summed E-state index contributed by atoms with van der Waals surface area (Å²) in [7, 11) is -3.82. The molecule has 2 aromatic rings. The molecule has 0 bridgehead atoms. The van der Waals surface area contributed by atoms with Gasteiger partial charge in [-0.25, -0.2) is 13.2 Å². The van der Waals surface area contributed by atoms with Crippen molar-refractivity contribution >= 4 is 27.7 Å². The molecule has 0 spiro atoms. The van der Waals surface area contributed by atoms with E-state index in [-0.39, 0.29) is 35.5 Å². The molecule has 2 aromatic carbocycles. The highest BCUT2D eigenvalue weighted by Gasteiger charge is 2.39. The summed E-state index contributed by atoms with van der Waals surface area (Å²) in [6.07, 6.45) is 1.52. The molecule has 1 fully saturated rings. The Labute approximate surface area is 194 Å². The predicted octanol–water partition coefficient (Wildman–Crippen LogP) is 3.67. The number of hydrogen-bond acceptors (Lipinski definition) is 5. The number of carbonyl (C=O) groups is 2. The van der Waals surface area contributed by atoms with Gasteiger partial charge in [0.25, 0.3) is 0 Å². The molecule has 1 saturated heterocycles. The van der Waals surface area contributed by atoms with Crippen molar-refractivity contribution in [3.63, 3.8) is 0 Å². The third-order valence-electron chi connectivity index (χ3n) is 5.52. The number of rotatable bonds is 7. The van der Waals surface area contributed by atoms with Crippen LogP contribution < -0.4 is 10.6 Å². The van der Waals surface area contributed by atoms with Gasteiger partial charge in [0, 0.05) is 23.8 Å². The van der Waals surface area contributed by atoms with Crippen molar-refractivity contribution in [3.05, 3.63) is 72.8 Å². The fourth-order valence-corrected chi connectivity index (χ4v) is 6.04. The van der Waals surface area contributed by atoms with E-state index < -0.39 is 16.1 Å². The number of piperidine rings is 1. The van der Waals surface area contributed by atoms with Gasteiger partial charge in [0.15, 0.2) is 0 Å². The number of anilines is 1. The fraction of sp³-hybridized carbons (Fsp3) is 0.333. The van der Waals surface area contributed by atoms with Crippen LogP contribution in [0.1, 0.15) is 32.3 Å². The molecule has 1 aliphatic rings. The summed E-state index contributed by atoms with van der Waals surface area (Å²) in [4.78, 5) is 23.9. The van der Waals surface area contributed by atoms with Crippen LogP contribution in [0.15, 0.2) is 72.1 Å². The maximum Gasteiger partial charge on any atom is 0.411 e. The highest BCUT2D eigenvalue weighted by Crippen LogP contribution is 2.30. The summed E-state index contributed by atoms with van der Waals surface area (Å²) in [6, 6.07) is 14.6. The summed E-state index contributed by atoms with van der Waals surface area (Å²) in [6.45, 7) is 7.21.